The van der Waals surface area contributed by atoms with Gasteiger partial charge in [-0.05, 0) is 38.3 Å². The molecular formula is C21H26F2N6O. The maximum atomic E-state index is 13.8. The quantitative estimate of drug-likeness (QED) is 0.831. The van der Waals surface area contributed by atoms with Gasteiger partial charge in [0.2, 0.25) is 5.95 Å². The Balaban J connectivity index is 1.39. The first-order valence-corrected chi connectivity index (χ1v) is 10.4. The van der Waals surface area contributed by atoms with E-state index in [9.17, 15) is 13.6 Å². The number of benzene rings is 1. The molecule has 160 valence electrons. The molecule has 1 aromatic carbocycles. The first kappa shape index (κ1) is 20.3. The number of urea groups is 1. The molecule has 0 atom stereocenters. The fourth-order valence-electron chi connectivity index (χ4n) is 3.86. The molecule has 0 unspecified atom stereocenters. The Kier molecular flexibility index (Phi) is 5.96. The summed E-state index contributed by atoms with van der Waals surface area (Å²) >= 11 is 0. The molecule has 2 fully saturated rings. The van der Waals surface area contributed by atoms with Crippen LogP contribution in [0.3, 0.4) is 0 Å². The number of anilines is 3. The number of amides is 2. The summed E-state index contributed by atoms with van der Waals surface area (Å²) < 4.78 is 27.1. The van der Waals surface area contributed by atoms with Crippen molar-refractivity contribution in [2.45, 2.75) is 26.2 Å². The van der Waals surface area contributed by atoms with Crippen LogP contribution in [0.5, 0.6) is 0 Å². The minimum absolute atomic E-state index is 0.157. The Hall–Kier alpha value is -2.97. The fraction of sp³-hybridized carbons (Fsp3) is 0.476. The zero-order valence-corrected chi connectivity index (χ0v) is 17.1. The molecule has 2 aliphatic rings. The molecule has 3 heterocycles. The predicted octanol–water partition coefficient (Wildman–Crippen LogP) is 3.41. The average molecular weight is 416 g/mol. The third kappa shape index (κ3) is 4.60. The van der Waals surface area contributed by atoms with E-state index in [1.54, 1.807) is 4.90 Å². The van der Waals surface area contributed by atoms with Crippen LogP contribution in [-0.4, -0.2) is 60.2 Å². The van der Waals surface area contributed by atoms with Gasteiger partial charge in [0.25, 0.3) is 0 Å². The molecule has 2 aliphatic heterocycles. The highest BCUT2D eigenvalue weighted by Crippen LogP contribution is 2.22. The largest absolute Gasteiger partial charge is 0.356 e. The van der Waals surface area contributed by atoms with Crippen LogP contribution in [0.4, 0.5) is 31.0 Å². The zero-order valence-electron chi connectivity index (χ0n) is 17.1. The Morgan fingerprint density at radius 2 is 1.67 bits per heavy atom. The second-order valence-corrected chi connectivity index (χ2v) is 7.74. The van der Waals surface area contributed by atoms with E-state index in [1.165, 1.54) is 19.3 Å². The molecule has 0 bridgehead atoms. The van der Waals surface area contributed by atoms with Gasteiger partial charge in [0.15, 0.2) is 0 Å². The number of aryl methyl sites for hydroxylation is 1. The highest BCUT2D eigenvalue weighted by Gasteiger charge is 2.24. The molecular weight excluding hydrogens is 390 g/mol. The van der Waals surface area contributed by atoms with Crippen molar-refractivity contribution in [2.24, 2.45) is 0 Å². The van der Waals surface area contributed by atoms with Crippen molar-refractivity contribution >= 4 is 23.5 Å². The van der Waals surface area contributed by atoms with Crippen LogP contribution in [0.1, 0.15) is 25.0 Å². The topological polar surface area (TPSA) is 64.6 Å². The molecule has 0 radical (unpaired) electrons. The van der Waals surface area contributed by atoms with Crippen molar-refractivity contribution in [3.8, 4) is 0 Å². The molecule has 7 nitrogen and oxygen atoms in total. The highest BCUT2D eigenvalue weighted by atomic mass is 19.1. The van der Waals surface area contributed by atoms with Crippen LogP contribution in [-0.2, 0) is 0 Å². The van der Waals surface area contributed by atoms with Gasteiger partial charge in [-0.1, -0.05) is 0 Å². The van der Waals surface area contributed by atoms with Gasteiger partial charge < -0.3 is 20.0 Å². The molecule has 9 heteroatoms. The number of piperidine rings is 1. The SMILES string of the molecule is Cc1cc(N2CCCCC2)nc(N2CCN(C(=O)Nc3cc(F)ccc3F)CC2)n1. The molecule has 1 aromatic heterocycles. The van der Waals surface area contributed by atoms with Crippen LogP contribution in [0, 0.1) is 18.6 Å². The van der Waals surface area contributed by atoms with Gasteiger partial charge in [-0.3, -0.25) is 0 Å². The lowest BCUT2D eigenvalue weighted by atomic mass is 10.1. The molecule has 4 rings (SSSR count). The number of aromatic nitrogens is 2. The van der Waals surface area contributed by atoms with Crippen molar-refractivity contribution in [1.82, 2.24) is 14.9 Å². The lowest BCUT2D eigenvalue weighted by Crippen LogP contribution is -2.50. The number of nitrogens with one attached hydrogen (secondary N) is 1. The molecule has 0 saturated carbocycles. The van der Waals surface area contributed by atoms with Gasteiger partial charge in [-0.25, -0.2) is 18.6 Å². The number of carbonyl (C=O) groups is 1. The second kappa shape index (κ2) is 8.81. The van der Waals surface area contributed by atoms with Gasteiger partial charge in [0, 0.05) is 57.1 Å². The number of nitrogens with zero attached hydrogens (tertiary/aromatic N) is 5. The maximum Gasteiger partial charge on any atom is 0.322 e. The molecule has 2 saturated heterocycles. The van der Waals surface area contributed by atoms with E-state index < -0.39 is 17.7 Å². The molecule has 0 spiro atoms. The van der Waals surface area contributed by atoms with Crippen molar-refractivity contribution in [3.05, 3.63) is 41.6 Å². The van der Waals surface area contributed by atoms with Crippen molar-refractivity contribution < 1.29 is 13.6 Å². The summed E-state index contributed by atoms with van der Waals surface area (Å²) in [7, 11) is 0. The number of carbonyl (C=O) groups excluding carboxylic acids is 1. The Labute approximate surface area is 174 Å². The number of hydrogen-bond acceptors (Lipinski definition) is 5. The van der Waals surface area contributed by atoms with Crippen LogP contribution < -0.4 is 15.1 Å². The van der Waals surface area contributed by atoms with E-state index in [0.717, 1.165) is 42.8 Å². The smallest absolute Gasteiger partial charge is 0.322 e. The van der Waals surface area contributed by atoms with Gasteiger partial charge in [-0.2, -0.15) is 4.98 Å². The van der Waals surface area contributed by atoms with Crippen molar-refractivity contribution in [1.29, 1.82) is 0 Å². The molecule has 2 aromatic rings. The first-order chi connectivity index (χ1) is 14.5. The van der Waals surface area contributed by atoms with E-state index in [-0.39, 0.29) is 5.69 Å². The first-order valence-electron chi connectivity index (χ1n) is 10.4. The van der Waals surface area contributed by atoms with Gasteiger partial charge in [-0.15, -0.1) is 0 Å². The van der Waals surface area contributed by atoms with Gasteiger partial charge in [0.1, 0.15) is 17.5 Å². The third-order valence-corrected chi connectivity index (χ3v) is 5.53. The fourth-order valence-corrected chi connectivity index (χ4v) is 3.86. The van der Waals surface area contributed by atoms with Crippen LogP contribution >= 0.6 is 0 Å². The summed E-state index contributed by atoms with van der Waals surface area (Å²) in [5.74, 6) is 0.366. The molecule has 0 aliphatic carbocycles. The van der Waals surface area contributed by atoms with Crippen LogP contribution in [0.2, 0.25) is 0 Å². The molecule has 2 amide bonds. The van der Waals surface area contributed by atoms with E-state index in [0.29, 0.717) is 32.1 Å². The van der Waals surface area contributed by atoms with E-state index in [2.05, 4.69) is 20.1 Å². The average Bonchev–Trinajstić information content (AvgIpc) is 2.76. The molecule has 1 N–H and O–H groups in total. The lowest BCUT2D eigenvalue weighted by molar-refractivity contribution is 0.208. The number of halogens is 2. The standard InChI is InChI=1S/C21H26F2N6O/c1-15-13-19(27-7-3-2-4-8-27)26-20(24-15)28-9-11-29(12-10-28)21(30)25-18-14-16(22)5-6-17(18)23/h5-6,13-14H,2-4,7-12H2,1H3,(H,25,30). The Morgan fingerprint density at radius 1 is 0.933 bits per heavy atom. The minimum atomic E-state index is -0.665. The second-order valence-electron chi connectivity index (χ2n) is 7.74. The molecule has 30 heavy (non-hydrogen) atoms. The van der Waals surface area contributed by atoms with Crippen LogP contribution in [0.25, 0.3) is 0 Å². The third-order valence-electron chi connectivity index (χ3n) is 5.53. The van der Waals surface area contributed by atoms with Gasteiger partial charge >= 0.3 is 6.03 Å². The Bertz CT molecular complexity index is 910. The predicted molar refractivity (Wildman–Crippen MR) is 112 cm³/mol. The summed E-state index contributed by atoms with van der Waals surface area (Å²) in [6.07, 6.45) is 3.62. The van der Waals surface area contributed by atoms with Gasteiger partial charge in [0.05, 0.1) is 5.69 Å². The Morgan fingerprint density at radius 3 is 2.40 bits per heavy atom. The van der Waals surface area contributed by atoms with E-state index in [4.69, 9.17) is 4.98 Å². The van der Waals surface area contributed by atoms with E-state index >= 15 is 0 Å². The van der Waals surface area contributed by atoms with Crippen molar-refractivity contribution in [2.75, 3.05) is 54.4 Å². The van der Waals surface area contributed by atoms with Crippen LogP contribution in [0.15, 0.2) is 24.3 Å². The zero-order chi connectivity index (χ0) is 21.1. The summed E-state index contributed by atoms with van der Waals surface area (Å²) in [5.41, 5.74) is 0.762. The lowest BCUT2D eigenvalue weighted by Gasteiger charge is -2.35. The monoisotopic (exact) mass is 416 g/mol. The number of hydrogen-bond donors (Lipinski definition) is 1. The summed E-state index contributed by atoms with van der Waals surface area (Å²) in [5, 5.41) is 2.45. The summed E-state index contributed by atoms with van der Waals surface area (Å²) in [4.78, 5) is 27.8. The maximum absolute atomic E-state index is 13.8. The van der Waals surface area contributed by atoms with E-state index in [1.807, 2.05) is 13.0 Å². The number of piperazine rings is 1. The highest BCUT2D eigenvalue weighted by molar-refractivity contribution is 5.89. The normalized spacial score (nSPS) is 17.2. The summed E-state index contributed by atoms with van der Waals surface area (Å²) in [6.45, 7) is 6.03. The summed E-state index contributed by atoms with van der Waals surface area (Å²) in [6, 6.07) is 4.57. The van der Waals surface area contributed by atoms with Crippen molar-refractivity contribution in [3.63, 3.8) is 0 Å². The minimum Gasteiger partial charge on any atom is -0.356 e. The number of rotatable bonds is 3.